The summed E-state index contributed by atoms with van der Waals surface area (Å²) >= 11 is 0. The zero-order chi connectivity index (χ0) is 14.7. The van der Waals surface area contributed by atoms with Crippen LogP contribution < -0.4 is 0 Å². The molecular weight excluding hydrogens is 262 g/mol. The predicted octanol–water partition coefficient (Wildman–Crippen LogP) is 3.80. The maximum atomic E-state index is 5.28. The normalized spacial score (nSPS) is 20.4. The first-order valence-electron chi connectivity index (χ1n) is 7.82. The summed E-state index contributed by atoms with van der Waals surface area (Å²) in [6, 6.07) is 8.68. The molecule has 0 saturated carbocycles. The van der Waals surface area contributed by atoms with Crippen molar-refractivity contribution in [1.82, 2.24) is 15.0 Å². The molecule has 0 aromatic carbocycles. The van der Waals surface area contributed by atoms with Crippen molar-refractivity contribution in [2.75, 3.05) is 6.54 Å². The molecule has 0 bridgehead atoms. The quantitative estimate of drug-likeness (QED) is 0.860. The Balaban J connectivity index is 1.81. The topological polar surface area (TPSA) is 42.2 Å². The van der Waals surface area contributed by atoms with Crippen LogP contribution in [0.25, 0.3) is 0 Å². The van der Waals surface area contributed by atoms with Crippen LogP contribution in [0.5, 0.6) is 0 Å². The van der Waals surface area contributed by atoms with Crippen molar-refractivity contribution in [3.8, 4) is 0 Å². The Bertz CT molecular complexity index is 593. The minimum atomic E-state index is 0.354. The number of hydrogen-bond donors (Lipinski definition) is 0. The second kappa shape index (κ2) is 6.39. The Morgan fingerprint density at radius 2 is 2.14 bits per heavy atom. The third kappa shape index (κ3) is 3.50. The standard InChI is InChI=1S/C17H23N3O/c1-13-7-6-8-15(18-13)12-20-10-5-3-4-9-17(20)16-11-14(2)21-19-16/h6-8,11,17H,3-5,9-10,12H2,1-2H3. The Morgan fingerprint density at radius 1 is 1.24 bits per heavy atom. The Morgan fingerprint density at radius 3 is 2.90 bits per heavy atom. The fraction of sp³-hybridized carbons (Fsp3) is 0.529. The third-order valence-corrected chi connectivity index (χ3v) is 4.16. The van der Waals surface area contributed by atoms with Crippen molar-refractivity contribution in [3.05, 3.63) is 47.1 Å². The molecule has 1 fully saturated rings. The molecule has 3 heterocycles. The van der Waals surface area contributed by atoms with Gasteiger partial charge in [-0.3, -0.25) is 9.88 Å². The summed E-state index contributed by atoms with van der Waals surface area (Å²) in [6.45, 7) is 5.99. The first kappa shape index (κ1) is 14.3. The summed E-state index contributed by atoms with van der Waals surface area (Å²) < 4.78 is 5.28. The van der Waals surface area contributed by atoms with Crippen LogP contribution in [0.4, 0.5) is 0 Å². The molecule has 21 heavy (non-hydrogen) atoms. The fourth-order valence-electron chi connectivity index (χ4n) is 3.13. The predicted molar refractivity (Wildman–Crippen MR) is 81.8 cm³/mol. The Labute approximate surface area is 126 Å². The average molecular weight is 285 g/mol. The van der Waals surface area contributed by atoms with Gasteiger partial charge in [0.15, 0.2) is 0 Å². The van der Waals surface area contributed by atoms with Crippen molar-refractivity contribution in [3.63, 3.8) is 0 Å². The van der Waals surface area contributed by atoms with Gasteiger partial charge in [0.25, 0.3) is 0 Å². The van der Waals surface area contributed by atoms with E-state index < -0.39 is 0 Å². The van der Waals surface area contributed by atoms with Crippen molar-refractivity contribution >= 4 is 0 Å². The van der Waals surface area contributed by atoms with E-state index in [0.29, 0.717) is 6.04 Å². The molecule has 1 atom stereocenters. The summed E-state index contributed by atoms with van der Waals surface area (Å²) in [4.78, 5) is 7.15. The van der Waals surface area contributed by atoms with Crippen molar-refractivity contribution in [1.29, 1.82) is 0 Å². The maximum absolute atomic E-state index is 5.28. The molecular formula is C17H23N3O. The van der Waals surface area contributed by atoms with Gasteiger partial charge in [-0.25, -0.2) is 0 Å². The summed E-state index contributed by atoms with van der Waals surface area (Å²) in [5.74, 6) is 0.892. The van der Waals surface area contributed by atoms with Gasteiger partial charge < -0.3 is 4.52 Å². The van der Waals surface area contributed by atoms with Gasteiger partial charge in [0.1, 0.15) is 11.5 Å². The van der Waals surface area contributed by atoms with Gasteiger partial charge in [0.05, 0.1) is 11.7 Å². The van der Waals surface area contributed by atoms with Gasteiger partial charge in [-0.05, 0) is 45.4 Å². The van der Waals surface area contributed by atoms with E-state index >= 15 is 0 Å². The average Bonchev–Trinajstić information content (AvgIpc) is 2.75. The molecule has 4 nitrogen and oxygen atoms in total. The highest BCUT2D eigenvalue weighted by Crippen LogP contribution is 2.30. The number of pyridine rings is 1. The first-order chi connectivity index (χ1) is 10.2. The lowest BCUT2D eigenvalue weighted by Gasteiger charge is -2.28. The van der Waals surface area contributed by atoms with Crippen LogP contribution in [-0.2, 0) is 6.54 Å². The Hall–Kier alpha value is -1.68. The molecule has 2 aromatic heterocycles. The largest absolute Gasteiger partial charge is 0.361 e. The SMILES string of the molecule is Cc1cccc(CN2CCCCCC2c2cc(C)on2)n1. The van der Waals surface area contributed by atoms with Crippen LogP contribution in [0.2, 0.25) is 0 Å². The minimum absolute atomic E-state index is 0.354. The van der Waals surface area contributed by atoms with Gasteiger partial charge >= 0.3 is 0 Å². The summed E-state index contributed by atoms with van der Waals surface area (Å²) in [6.07, 6.45) is 4.95. The molecule has 0 spiro atoms. The highest BCUT2D eigenvalue weighted by atomic mass is 16.5. The highest BCUT2D eigenvalue weighted by molar-refractivity contribution is 5.13. The zero-order valence-electron chi connectivity index (χ0n) is 12.9. The van der Waals surface area contributed by atoms with Crippen molar-refractivity contribution in [2.24, 2.45) is 0 Å². The molecule has 0 amide bonds. The number of hydrogen-bond acceptors (Lipinski definition) is 4. The number of aromatic nitrogens is 2. The zero-order valence-corrected chi connectivity index (χ0v) is 12.9. The van der Waals surface area contributed by atoms with E-state index in [2.05, 4.69) is 33.2 Å². The van der Waals surface area contributed by atoms with E-state index in [4.69, 9.17) is 4.52 Å². The number of nitrogens with zero attached hydrogens (tertiary/aromatic N) is 3. The van der Waals surface area contributed by atoms with Crippen LogP contribution in [0.3, 0.4) is 0 Å². The molecule has 2 aromatic rings. The van der Waals surface area contributed by atoms with Gasteiger partial charge in [-0.1, -0.05) is 24.1 Å². The molecule has 112 valence electrons. The van der Waals surface area contributed by atoms with Crippen molar-refractivity contribution in [2.45, 2.75) is 52.1 Å². The summed E-state index contributed by atoms with van der Waals surface area (Å²) in [5.41, 5.74) is 3.29. The maximum Gasteiger partial charge on any atom is 0.133 e. The van der Waals surface area contributed by atoms with E-state index in [1.165, 1.54) is 19.3 Å². The molecule has 0 N–H and O–H groups in total. The van der Waals surface area contributed by atoms with Crippen LogP contribution in [0.15, 0.2) is 28.8 Å². The van der Waals surface area contributed by atoms with E-state index in [1.54, 1.807) is 0 Å². The fourth-order valence-corrected chi connectivity index (χ4v) is 3.13. The molecule has 4 heteroatoms. The van der Waals surface area contributed by atoms with Crippen LogP contribution >= 0.6 is 0 Å². The second-order valence-corrected chi connectivity index (χ2v) is 5.97. The molecule has 0 aliphatic carbocycles. The van der Waals surface area contributed by atoms with Gasteiger partial charge in [0, 0.05) is 18.3 Å². The van der Waals surface area contributed by atoms with Gasteiger partial charge in [0.2, 0.25) is 0 Å². The number of rotatable bonds is 3. The lowest BCUT2D eigenvalue weighted by Crippen LogP contribution is -2.28. The van der Waals surface area contributed by atoms with Crippen LogP contribution in [0.1, 0.15) is 54.6 Å². The molecule has 1 unspecified atom stereocenters. The molecule has 3 rings (SSSR count). The summed E-state index contributed by atoms with van der Waals surface area (Å²) in [5, 5.41) is 4.25. The van der Waals surface area contributed by atoms with Crippen LogP contribution in [0, 0.1) is 13.8 Å². The highest BCUT2D eigenvalue weighted by Gasteiger charge is 2.25. The van der Waals surface area contributed by atoms with Gasteiger partial charge in [-0.15, -0.1) is 0 Å². The minimum Gasteiger partial charge on any atom is -0.361 e. The number of likely N-dealkylation sites (tertiary alicyclic amines) is 1. The monoisotopic (exact) mass is 285 g/mol. The molecule has 1 aliphatic rings. The van der Waals surface area contributed by atoms with Gasteiger partial charge in [-0.2, -0.15) is 0 Å². The lowest BCUT2D eigenvalue weighted by molar-refractivity contribution is 0.181. The Kier molecular flexibility index (Phi) is 4.34. The second-order valence-electron chi connectivity index (χ2n) is 5.97. The van der Waals surface area contributed by atoms with Crippen LogP contribution in [-0.4, -0.2) is 21.6 Å². The van der Waals surface area contributed by atoms with E-state index in [9.17, 15) is 0 Å². The number of aryl methyl sites for hydroxylation is 2. The summed E-state index contributed by atoms with van der Waals surface area (Å²) in [7, 11) is 0. The molecule has 1 aliphatic heterocycles. The third-order valence-electron chi connectivity index (χ3n) is 4.16. The molecule has 0 radical (unpaired) electrons. The van der Waals surface area contributed by atoms with E-state index in [1.807, 2.05) is 19.9 Å². The lowest BCUT2D eigenvalue weighted by atomic mass is 10.1. The van der Waals surface area contributed by atoms with Crippen molar-refractivity contribution < 1.29 is 4.52 Å². The van der Waals surface area contributed by atoms with E-state index in [0.717, 1.165) is 42.4 Å². The smallest absolute Gasteiger partial charge is 0.133 e. The molecule has 1 saturated heterocycles. The van der Waals surface area contributed by atoms with E-state index in [-0.39, 0.29) is 0 Å². The first-order valence-corrected chi connectivity index (χ1v) is 7.82.